The zero-order valence-corrected chi connectivity index (χ0v) is 18.6. The van der Waals surface area contributed by atoms with Crippen LogP contribution in [0.1, 0.15) is 0 Å². The van der Waals surface area contributed by atoms with Gasteiger partial charge in [-0.05, 0) is 24.3 Å². The van der Waals surface area contributed by atoms with Crippen LogP contribution in [0.2, 0.25) is 0 Å². The number of H-pyrrole nitrogens is 1. The maximum atomic E-state index is 11.9. The molecule has 0 aliphatic heterocycles. The normalized spacial score (nSPS) is 12.0. The van der Waals surface area contributed by atoms with E-state index in [0.717, 1.165) is 61.2 Å². The predicted octanol–water partition coefficient (Wildman–Crippen LogP) is 6.14. The summed E-state index contributed by atoms with van der Waals surface area (Å²) in [4.78, 5) is 8.47. The Hall–Kier alpha value is -4.10. The Labute approximate surface area is 190 Å². The maximum absolute atomic E-state index is 11.9. The summed E-state index contributed by atoms with van der Waals surface area (Å²) in [5, 5.41) is 7.43. The van der Waals surface area contributed by atoms with Crippen molar-refractivity contribution in [1.82, 2.24) is 9.97 Å². The van der Waals surface area contributed by atoms with Crippen molar-refractivity contribution in [3.8, 4) is 0 Å². The van der Waals surface area contributed by atoms with Gasteiger partial charge in [0.2, 0.25) is 10.0 Å². The van der Waals surface area contributed by atoms with Crippen molar-refractivity contribution in [2.24, 2.45) is 0 Å². The molecule has 6 aromatic rings. The fraction of sp³-hybridized carbons (Fsp3) is 0.0385. The third-order valence-corrected chi connectivity index (χ3v) is 6.40. The second-order valence-electron chi connectivity index (χ2n) is 8.10. The smallest absolute Gasteiger partial charge is 0.229 e. The predicted molar refractivity (Wildman–Crippen MR) is 137 cm³/mol. The largest absolute Gasteiger partial charge is 0.353 e. The Bertz CT molecular complexity index is 1810. The number of hydrogen-bond donors (Lipinski definition) is 3. The number of nitrogens with zero attached hydrogens (tertiary/aromatic N) is 1. The molecule has 4 aromatic carbocycles. The third-order valence-electron chi connectivity index (χ3n) is 5.81. The average Bonchev–Trinajstić information content (AvgIpc) is 3.18. The van der Waals surface area contributed by atoms with Gasteiger partial charge in [0.25, 0.3) is 0 Å². The Balaban J connectivity index is 1.61. The highest BCUT2D eigenvalue weighted by atomic mass is 32.2. The van der Waals surface area contributed by atoms with Crippen LogP contribution in [0.5, 0.6) is 0 Å². The van der Waals surface area contributed by atoms with E-state index in [2.05, 4.69) is 27.2 Å². The van der Waals surface area contributed by atoms with Crippen LogP contribution < -0.4 is 10.0 Å². The molecule has 7 heteroatoms. The topological polar surface area (TPSA) is 86.9 Å². The molecule has 0 unspecified atom stereocenters. The molecule has 33 heavy (non-hydrogen) atoms. The number of benzene rings is 4. The zero-order chi connectivity index (χ0) is 22.6. The molecule has 0 aliphatic carbocycles. The van der Waals surface area contributed by atoms with Gasteiger partial charge >= 0.3 is 0 Å². The van der Waals surface area contributed by atoms with Crippen molar-refractivity contribution in [1.29, 1.82) is 0 Å². The van der Waals surface area contributed by atoms with Gasteiger partial charge in [0, 0.05) is 32.7 Å². The van der Waals surface area contributed by atoms with Crippen LogP contribution in [0.15, 0.2) is 84.9 Å². The lowest BCUT2D eigenvalue weighted by molar-refractivity contribution is 0.607. The highest BCUT2D eigenvalue weighted by molar-refractivity contribution is 7.92. The molecule has 162 valence electrons. The Morgan fingerprint density at radius 2 is 1.33 bits per heavy atom. The van der Waals surface area contributed by atoms with Crippen LogP contribution in [0.3, 0.4) is 0 Å². The van der Waals surface area contributed by atoms with E-state index < -0.39 is 10.0 Å². The molecule has 0 amide bonds. The van der Waals surface area contributed by atoms with Crippen molar-refractivity contribution in [2.75, 3.05) is 16.3 Å². The van der Waals surface area contributed by atoms with E-state index in [4.69, 9.17) is 4.98 Å². The minimum atomic E-state index is -3.40. The van der Waals surface area contributed by atoms with Gasteiger partial charge < -0.3 is 10.3 Å². The van der Waals surface area contributed by atoms with Crippen LogP contribution in [-0.4, -0.2) is 24.6 Å². The monoisotopic (exact) mass is 452 g/mol. The maximum Gasteiger partial charge on any atom is 0.229 e. The highest BCUT2D eigenvalue weighted by Gasteiger charge is 2.16. The second-order valence-corrected chi connectivity index (χ2v) is 9.85. The minimum Gasteiger partial charge on any atom is -0.353 e. The van der Waals surface area contributed by atoms with E-state index in [1.165, 1.54) is 0 Å². The lowest BCUT2D eigenvalue weighted by Gasteiger charge is -2.16. The molecular weight excluding hydrogens is 432 g/mol. The minimum absolute atomic E-state index is 0.550. The number of para-hydroxylation sites is 2. The lowest BCUT2D eigenvalue weighted by atomic mass is 10.1. The number of fused-ring (bicyclic) bond motifs is 5. The lowest BCUT2D eigenvalue weighted by Crippen LogP contribution is -2.10. The summed E-state index contributed by atoms with van der Waals surface area (Å²) in [6.45, 7) is 0. The van der Waals surface area contributed by atoms with Gasteiger partial charge in [-0.25, -0.2) is 13.4 Å². The van der Waals surface area contributed by atoms with Gasteiger partial charge in [-0.3, -0.25) is 4.72 Å². The van der Waals surface area contributed by atoms with Gasteiger partial charge in [0.15, 0.2) is 0 Å². The average molecular weight is 453 g/mol. The van der Waals surface area contributed by atoms with Gasteiger partial charge in [-0.1, -0.05) is 60.7 Å². The standard InChI is InChI=1S/C26H20N4O2S/c1-33(31,32)30-23-15-14-22(16-8-2-3-9-17(16)23)28-25-18-10-4-6-12-20(18)27-24-19-11-5-7-13-21(19)29-26(24)25/h2-15,29-30H,1H3,(H,27,28). The number of sulfonamides is 1. The number of pyridine rings is 1. The number of aromatic amines is 1. The molecule has 2 aromatic heterocycles. The summed E-state index contributed by atoms with van der Waals surface area (Å²) in [6.07, 6.45) is 1.16. The third kappa shape index (κ3) is 3.34. The van der Waals surface area contributed by atoms with Gasteiger partial charge in [0.1, 0.15) is 0 Å². The molecule has 0 saturated carbocycles. The van der Waals surface area contributed by atoms with Gasteiger partial charge in [-0.2, -0.15) is 0 Å². The zero-order valence-electron chi connectivity index (χ0n) is 17.8. The van der Waals surface area contributed by atoms with Crippen molar-refractivity contribution < 1.29 is 8.42 Å². The number of rotatable bonds is 4. The first-order valence-corrected chi connectivity index (χ1v) is 12.4. The molecule has 0 fully saturated rings. The molecule has 0 bridgehead atoms. The van der Waals surface area contributed by atoms with Crippen molar-refractivity contribution >= 4 is 70.7 Å². The van der Waals surface area contributed by atoms with E-state index in [1.54, 1.807) is 6.07 Å². The summed E-state index contributed by atoms with van der Waals surface area (Å²) in [5.41, 5.74) is 6.12. The number of nitrogens with one attached hydrogen (secondary N) is 3. The van der Waals surface area contributed by atoms with E-state index >= 15 is 0 Å². The molecule has 6 rings (SSSR count). The first kappa shape index (κ1) is 19.6. The number of hydrogen-bond acceptors (Lipinski definition) is 4. The SMILES string of the molecule is CS(=O)(=O)Nc1ccc(Nc2c3ccccc3nc3c2[nH]c2ccccc23)c2ccccc12. The van der Waals surface area contributed by atoms with E-state index in [1.807, 2.05) is 66.7 Å². The summed E-state index contributed by atoms with van der Waals surface area (Å²) in [7, 11) is -3.40. The molecule has 0 saturated heterocycles. The molecule has 2 heterocycles. The number of aromatic nitrogens is 2. The van der Waals surface area contributed by atoms with Crippen molar-refractivity contribution in [3.63, 3.8) is 0 Å². The Morgan fingerprint density at radius 3 is 2.09 bits per heavy atom. The quantitative estimate of drug-likeness (QED) is 0.300. The van der Waals surface area contributed by atoms with Gasteiger partial charge in [0.05, 0.1) is 34.2 Å². The van der Waals surface area contributed by atoms with Crippen molar-refractivity contribution in [2.45, 2.75) is 0 Å². The molecule has 3 N–H and O–H groups in total. The number of anilines is 3. The summed E-state index contributed by atoms with van der Waals surface area (Å²) in [5.74, 6) is 0. The second kappa shape index (κ2) is 7.21. The first-order chi connectivity index (χ1) is 16.0. The van der Waals surface area contributed by atoms with Crippen LogP contribution >= 0.6 is 0 Å². The molecule has 0 aliphatic rings. The Kier molecular flexibility index (Phi) is 4.28. The highest BCUT2D eigenvalue weighted by Crippen LogP contribution is 2.38. The summed E-state index contributed by atoms with van der Waals surface area (Å²) < 4.78 is 26.3. The molecule has 0 atom stereocenters. The van der Waals surface area contributed by atoms with E-state index in [0.29, 0.717) is 5.69 Å². The van der Waals surface area contributed by atoms with Crippen LogP contribution in [0.25, 0.3) is 43.6 Å². The molecule has 0 radical (unpaired) electrons. The van der Waals surface area contributed by atoms with E-state index in [-0.39, 0.29) is 0 Å². The summed E-state index contributed by atoms with van der Waals surface area (Å²) >= 11 is 0. The molecule has 0 spiro atoms. The van der Waals surface area contributed by atoms with Crippen molar-refractivity contribution in [3.05, 3.63) is 84.9 Å². The fourth-order valence-electron chi connectivity index (χ4n) is 4.42. The van der Waals surface area contributed by atoms with Crippen LogP contribution in [0, 0.1) is 0 Å². The fourth-order valence-corrected chi connectivity index (χ4v) is 5.00. The van der Waals surface area contributed by atoms with Gasteiger partial charge in [-0.15, -0.1) is 0 Å². The van der Waals surface area contributed by atoms with Crippen LogP contribution in [0.4, 0.5) is 17.1 Å². The Morgan fingerprint density at radius 1 is 0.727 bits per heavy atom. The first-order valence-electron chi connectivity index (χ1n) is 10.5. The molecule has 6 nitrogen and oxygen atoms in total. The molecular formula is C26H20N4O2S. The van der Waals surface area contributed by atoms with Crippen LogP contribution in [-0.2, 0) is 10.0 Å². The summed E-state index contributed by atoms with van der Waals surface area (Å²) in [6, 6.07) is 27.6. The van der Waals surface area contributed by atoms with E-state index in [9.17, 15) is 8.42 Å².